The highest BCUT2D eigenvalue weighted by Crippen LogP contribution is 2.09. The van der Waals surface area contributed by atoms with Gasteiger partial charge >= 0.3 is 0 Å². The maximum absolute atomic E-state index is 11.8. The van der Waals surface area contributed by atoms with Crippen LogP contribution in [0.15, 0.2) is 24.3 Å². The second-order valence-corrected chi connectivity index (χ2v) is 3.40. The van der Waals surface area contributed by atoms with Gasteiger partial charge in [-0.15, -0.1) is 0 Å². The Morgan fingerprint density at radius 1 is 1.33 bits per heavy atom. The number of carbonyl (C=O) groups excluding carboxylic acids is 1. The summed E-state index contributed by atoms with van der Waals surface area (Å²) in [7, 11) is 3.05. The van der Waals surface area contributed by atoms with Crippen molar-refractivity contribution in [2.45, 2.75) is 19.6 Å². The fourth-order valence-electron chi connectivity index (χ4n) is 1.35. The number of methoxy groups -OCH3 is 2. The first-order valence-corrected chi connectivity index (χ1v) is 4.83. The van der Waals surface area contributed by atoms with E-state index in [9.17, 15) is 4.79 Å². The molecule has 0 amide bonds. The van der Waals surface area contributed by atoms with Crippen LogP contribution in [0.4, 0.5) is 0 Å². The molecule has 0 aliphatic heterocycles. The highest BCUT2D eigenvalue weighted by Gasteiger charge is 2.13. The molecule has 0 unspecified atom stereocenters. The van der Waals surface area contributed by atoms with E-state index in [1.807, 2.05) is 25.1 Å². The normalized spacial score (nSPS) is 10.7. The van der Waals surface area contributed by atoms with Crippen molar-refractivity contribution in [2.24, 2.45) is 0 Å². The number of carbonyl (C=O) groups is 1. The molecule has 0 aliphatic rings. The van der Waals surface area contributed by atoms with E-state index >= 15 is 0 Å². The first-order chi connectivity index (χ1) is 7.17. The molecule has 3 nitrogen and oxygen atoms in total. The van der Waals surface area contributed by atoms with Gasteiger partial charge in [-0.05, 0) is 13.0 Å². The number of aryl methyl sites for hydroxylation is 1. The number of ketones is 1. The first kappa shape index (κ1) is 11.9. The summed E-state index contributed by atoms with van der Waals surface area (Å²) in [5.41, 5.74) is 1.78. The van der Waals surface area contributed by atoms with Crippen LogP contribution < -0.4 is 0 Å². The number of Topliss-reactive ketones (excluding diaryl/α,β-unsaturated/α-hetero) is 1. The van der Waals surface area contributed by atoms with Gasteiger partial charge in [0.25, 0.3) is 0 Å². The van der Waals surface area contributed by atoms with Crippen LogP contribution in [0.1, 0.15) is 22.3 Å². The zero-order valence-corrected chi connectivity index (χ0v) is 9.32. The highest BCUT2D eigenvalue weighted by molar-refractivity contribution is 5.96. The van der Waals surface area contributed by atoms with Gasteiger partial charge in [-0.3, -0.25) is 4.79 Å². The van der Waals surface area contributed by atoms with Crippen molar-refractivity contribution in [3.63, 3.8) is 0 Å². The van der Waals surface area contributed by atoms with E-state index in [4.69, 9.17) is 9.47 Å². The standard InChI is InChI=1S/C12H16O3/c1-9-5-4-6-10(7-9)11(13)8-12(14-2)15-3/h4-7,12H,8H2,1-3H3. The van der Waals surface area contributed by atoms with Gasteiger partial charge in [0.05, 0.1) is 6.42 Å². The minimum atomic E-state index is -0.460. The van der Waals surface area contributed by atoms with Crippen molar-refractivity contribution in [1.29, 1.82) is 0 Å². The molecule has 15 heavy (non-hydrogen) atoms. The largest absolute Gasteiger partial charge is 0.355 e. The number of hydrogen-bond acceptors (Lipinski definition) is 3. The summed E-state index contributed by atoms with van der Waals surface area (Å²) in [6, 6.07) is 7.50. The van der Waals surface area contributed by atoms with Crippen molar-refractivity contribution < 1.29 is 14.3 Å². The van der Waals surface area contributed by atoms with Crippen molar-refractivity contribution in [3.8, 4) is 0 Å². The monoisotopic (exact) mass is 208 g/mol. The zero-order valence-electron chi connectivity index (χ0n) is 9.32. The molecule has 0 saturated carbocycles. The average Bonchev–Trinajstić information content (AvgIpc) is 2.25. The Bertz CT molecular complexity index is 329. The Kier molecular flexibility index (Phi) is 4.46. The van der Waals surface area contributed by atoms with Crippen LogP contribution in [-0.4, -0.2) is 26.3 Å². The van der Waals surface area contributed by atoms with Gasteiger partial charge in [0.15, 0.2) is 12.1 Å². The molecule has 0 aromatic heterocycles. The lowest BCUT2D eigenvalue weighted by Gasteiger charge is -2.12. The van der Waals surface area contributed by atoms with Crippen LogP contribution >= 0.6 is 0 Å². The number of benzene rings is 1. The molecule has 1 rings (SSSR count). The summed E-state index contributed by atoms with van der Waals surface area (Å²) in [5.74, 6) is 0.0346. The van der Waals surface area contributed by atoms with E-state index in [1.54, 1.807) is 6.07 Å². The molecule has 0 atom stereocenters. The van der Waals surface area contributed by atoms with Crippen molar-refractivity contribution in [2.75, 3.05) is 14.2 Å². The fraction of sp³-hybridized carbons (Fsp3) is 0.417. The maximum atomic E-state index is 11.8. The second kappa shape index (κ2) is 5.63. The minimum Gasteiger partial charge on any atom is -0.355 e. The van der Waals surface area contributed by atoms with Crippen LogP contribution in [0.25, 0.3) is 0 Å². The summed E-state index contributed by atoms with van der Waals surface area (Å²) in [6.45, 7) is 1.96. The van der Waals surface area contributed by atoms with E-state index in [0.717, 1.165) is 5.56 Å². The summed E-state index contributed by atoms with van der Waals surface area (Å²) < 4.78 is 9.96. The van der Waals surface area contributed by atoms with Gasteiger partial charge in [0, 0.05) is 19.8 Å². The molecule has 1 aromatic rings. The van der Waals surface area contributed by atoms with E-state index in [-0.39, 0.29) is 12.2 Å². The molecule has 0 spiro atoms. The molecular formula is C12H16O3. The molecule has 0 bridgehead atoms. The summed E-state index contributed by atoms with van der Waals surface area (Å²) in [6.07, 6.45) is -0.214. The minimum absolute atomic E-state index is 0.0346. The smallest absolute Gasteiger partial charge is 0.167 e. The van der Waals surface area contributed by atoms with Crippen LogP contribution in [0.3, 0.4) is 0 Å². The molecule has 3 heteroatoms. The molecule has 0 aliphatic carbocycles. The molecule has 0 radical (unpaired) electrons. The van der Waals surface area contributed by atoms with Crippen LogP contribution in [0.2, 0.25) is 0 Å². The van der Waals surface area contributed by atoms with Gasteiger partial charge in [0.2, 0.25) is 0 Å². The average molecular weight is 208 g/mol. The Hall–Kier alpha value is -1.19. The van der Waals surface area contributed by atoms with Crippen molar-refractivity contribution in [3.05, 3.63) is 35.4 Å². The van der Waals surface area contributed by atoms with Crippen LogP contribution in [0, 0.1) is 6.92 Å². The summed E-state index contributed by atoms with van der Waals surface area (Å²) >= 11 is 0. The Labute approximate surface area is 90.0 Å². The van der Waals surface area contributed by atoms with E-state index in [0.29, 0.717) is 5.56 Å². The van der Waals surface area contributed by atoms with E-state index in [1.165, 1.54) is 14.2 Å². The van der Waals surface area contributed by atoms with Gasteiger partial charge < -0.3 is 9.47 Å². The lowest BCUT2D eigenvalue weighted by atomic mass is 10.1. The van der Waals surface area contributed by atoms with Gasteiger partial charge in [-0.2, -0.15) is 0 Å². The highest BCUT2D eigenvalue weighted by atomic mass is 16.7. The Balaban J connectivity index is 2.68. The number of hydrogen-bond donors (Lipinski definition) is 0. The SMILES string of the molecule is COC(CC(=O)c1cccc(C)c1)OC. The summed E-state index contributed by atoms with van der Waals surface area (Å²) in [5, 5.41) is 0. The van der Waals surface area contributed by atoms with Crippen LogP contribution in [0.5, 0.6) is 0 Å². The third-order valence-electron chi connectivity index (χ3n) is 2.22. The molecule has 0 fully saturated rings. The lowest BCUT2D eigenvalue weighted by molar-refractivity contribution is -0.0993. The number of rotatable bonds is 5. The molecule has 1 aromatic carbocycles. The Morgan fingerprint density at radius 2 is 2.00 bits per heavy atom. The predicted octanol–water partition coefficient (Wildman–Crippen LogP) is 2.19. The predicted molar refractivity (Wildman–Crippen MR) is 57.9 cm³/mol. The van der Waals surface area contributed by atoms with Crippen LogP contribution in [-0.2, 0) is 9.47 Å². The number of ether oxygens (including phenoxy) is 2. The fourth-order valence-corrected chi connectivity index (χ4v) is 1.35. The molecule has 0 saturated heterocycles. The second-order valence-electron chi connectivity index (χ2n) is 3.40. The van der Waals surface area contributed by atoms with Crippen molar-refractivity contribution >= 4 is 5.78 Å². The molecule has 0 heterocycles. The third-order valence-corrected chi connectivity index (χ3v) is 2.22. The first-order valence-electron chi connectivity index (χ1n) is 4.83. The quantitative estimate of drug-likeness (QED) is 0.549. The van der Waals surface area contributed by atoms with Crippen molar-refractivity contribution in [1.82, 2.24) is 0 Å². The summed E-state index contributed by atoms with van der Waals surface area (Å²) in [4.78, 5) is 11.8. The van der Waals surface area contributed by atoms with Gasteiger partial charge in [0.1, 0.15) is 0 Å². The van der Waals surface area contributed by atoms with Gasteiger partial charge in [-0.25, -0.2) is 0 Å². The lowest BCUT2D eigenvalue weighted by Crippen LogP contribution is -2.18. The topological polar surface area (TPSA) is 35.5 Å². The maximum Gasteiger partial charge on any atom is 0.167 e. The molecule has 0 N–H and O–H groups in total. The van der Waals surface area contributed by atoms with Gasteiger partial charge in [-0.1, -0.05) is 23.8 Å². The van der Waals surface area contributed by atoms with E-state index < -0.39 is 6.29 Å². The zero-order chi connectivity index (χ0) is 11.3. The third kappa shape index (κ3) is 3.46. The Morgan fingerprint density at radius 3 is 2.53 bits per heavy atom. The molecular weight excluding hydrogens is 192 g/mol. The molecule has 82 valence electrons. The van der Waals surface area contributed by atoms with E-state index in [2.05, 4.69) is 0 Å².